The summed E-state index contributed by atoms with van der Waals surface area (Å²) in [7, 11) is 0. The van der Waals surface area contributed by atoms with Crippen LogP contribution in [0.15, 0.2) is 34.1 Å². The van der Waals surface area contributed by atoms with E-state index in [-0.39, 0.29) is 12.1 Å². The Morgan fingerprint density at radius 1 is 1.18 bits per heavy atom. The molecule has 1 heterocycles. The van der Waals surface area contributed by atoms with Crippen LogP contribution in [0.2, 0.25) is 0 Å². The molecule has 2 rings (SSSR count). The summed E-state index contributed by atoms with van der Waals surface area (Å²) in [6.07, 6.45) is 0. The van der Waals surface area contributed by atoms with Gasteiger partial charge in [-0.05, 0) is 23.6 Å². The van der Waals surface area contributed by atoms with Crippen molar-refractivity contribution in [2.24, 2.45) is 0 Å². The Bertz CT molecular complexity index is 476. The van der Waals surface area contributed by atoms with Crippen LogP contribution in [0, 0.1) is 11.6 Å². The van der Waals surface area contributed by atoms with Crippen molar-refractivity contribution < 1.29 is 8.78 Å². The second-order valence-corrected chi connectivity index (χ2v) is 5.48. The molecule has 1 N–H and O–H groups in total. The van der Waals surface area contributed by atoms with Crippen molar-refractivity contribution in [2.75, 3.05) is 0 Å². The molecule has 1 aromatic carbocycles. The molecule has 1 nitrogen and oxygen atoms in total. The van der Waals surface area contributed by atoms with Crippen molar-refractivity contribution in [1.82, 2.24) is 5.32 Å². The predicted molar refractivity (Wildman–Crippen MR) is 68.9 cm³/mol. The Kier molecular flexibility index (Phi) is 4.25. The van der Waals surface area contributed by atoms with E-state index in [1.54, 1.807) is 11.3 Å². The third kappa shape index (κ3) is 3.34. The van der Waals surface area contributed by atoms with Crippen LogP contribution in [0.25, 0.3) is 0 Å². The van der Waals surface area contributed by atoms with Gasteiger partial charge in [-0.3, -0.25) is 0 Å². The summed E-state index contributed by atoms with van der Waals surface area (Å²) in [6, 6.07) is 6.46. The number of hydrogen-bond donors (Lipinski definition) is 1. The molecule has 0 saturated heterocycles. The van der Waals surface area contributed by atoms with Crippen LogP contribution in [-0.2, 0) is 13.1 Å². The highest BCUT2D eigenvalue weighted by Crippen LogP contribution is 2.19. The number of benzene rings is 1. The maximum atomic E-state index is 13.5. The first-order chi connectivity index (χ1) is 8.16. The van der Waals surface area contributed by atoms with Crippen molar-refractivity contribution in [2.45, 2.75) is 13.1 Å². The summed E-state index contributed by atoms with van der Waals surface area (Å²) < 4.78 is 27.4. The topological polar surface area (TPSA) is 12.0 Å². The molecule has 17 heavy (non-hydrogen) atoms. The largest absolute Gasteiger partial charge is 0.308 e. The first-order valence-corrected chi connectivity index (χ1v) is 6.70. The van der Waals surface area contributed by atoms with E-state index in [1.807, 2.05) is 17.5 Å². The number of nitrogens with one attached hydrogen (secondary N) is 1. The van der Waals surface area contributed by atoms with Gasteiger partial charge < -0.3 is 5.32 Å². The van der Waals surface area contributed by atoms with E-state index in [4.69, 9.17) is 0 Å². The first-order valence-electron chi connectivity index (χ1n) is 5.03. The minimum atomic E-state index is -0.532. The van der Waals surface area contributed by atoms with Crippen LogP contribution in [0.1, 0.15) is 10.4 Å². The predicted octanol–water partition coefficient (Wildman–Crippen LogP) is 4.08. The zero-order valence-electron chi connectivity index (χ0n) is 8.84. The third-order valence-corrected chi connectivity index (χ3v) is 3.62. The summed E-state index contributed by atoms with van der Waals surface area (Å²) in [5, 5.41) is 4.99. The molecule has 0 aliphatic carbocycles. The van der Waals surface area contributed by atoms with Crippen molar-refractivity contribution in [3.63, 3.8) is 0 Å². The van der Waals surface area contributed by atoms with Gasteiger partial charge in [0.2, 0.25) is 0 Å². The molecule has 0 amide bonds. The van der Waals surface area contributed by atoms with Crippen LogP contribution in [0.5, 0.6) is 0 Å². The van der Waals surface area contributed by atoms with E-state index in [9.17, 15) is 8.78 Å². The van der Waals surface area contributed by atoms with Gasteiger partial charge in [-0.25, -0.2) is 8.78 Å². The van der Waals surface area contributed by atoms with E-state index in [1.165, 1.54) is 12.1 Å². The van der Waals surface area contributed by atoms with Gasteiger partial charge in [0.25, 0.3) is 0 Å². The molecule has 0 fully saturated rings. The summed E-state index contributed by atoms with van der Waals surface area (Å²) in [5.41, 5.74) is 0.0738. The van der Waals surface area contributed by atoms with E-state index in [0.717, 1.165) is 4.88 Å². The van der Waals surface area contributed by atoms with E-state index in [2.05, 4.69) is 21.2 Å². The van der Waals surface area contributed by atoms with E-state index in [0.29, 0.717) is 11.0 Å². The molecule has 0 saturated carbocycles. The second kappa shape index (κ2) is 5.71. The highest BCUT2D eigenvalue weighted by atomic mass is 79.9. The fraction of sp³-hybridized carbons (Fsp3) is 0.167. The Balaban J connectivity index is 1.99. The molecule has 0 radical (unpaired) electrons. The smallest absolute Gasteiger partial charge is 0.131 e. The number of thiophene rings is 1. The van der Waals surface area contributed by atoms with Crippen LogP contribution in [0.3, 0.4) is 0 Å². The highest BCUT2D eigenvalue weighted by molar-refractivity contribution is 9.10. The average Bonchev–Trinajstić information content (AvgIpc) is 2.74. The summed E-state index contributed by atoms with van der Waals surface area (Å²) in [5.74, 6) is -1.06. The molecule has 0 spiro atoms. The fourth-order valence-corrected chi connectivity index (χ4v) is 2.54. The molecule has 2 aromatic rings. The Hall–Kier alpha value is -0.780. The standard InChI is InChI=1S/C12H10BrF2NS/c13-8-4-11(14)10(12(15)5-8)7-16-6-9-2-1-3-17-9/h1-5,16H,6-7H2. The van der Waals surface area contributed by atoms with Crippen molar-refractivity contribution in [3.8, 4) is 0 Å². The van der Waals surface area contributed by atoms with Gasteiger partial charge in [0.1, 0.15) is 11.6 Å². The van der Waals surface area contributed by atoms with E-state index >= 15 is 0 Å². The molecule has 90 valence electrons. The Morgan fingerprint density at radius 3 is 2.47 bits per heavy atom. The molecule has 0 aliphatic heterocycles. The van der Waals surface area contributed by atoms with Gasteiger partial charge >= 0.3 is 0 Å². The maximum Gasteiger partial charge on any atom is 0.131 e. The van der Waals surface area contributed by atoms with Gasteiger partial charge in [-0.1, -0.05) is 22.0 Å². The van der Waals surface area contributed by atoms with Gasteiger partial charge in [0.05, 0.1) is 0 Å². The maximum absolute atomic E-state index is 13.5. The SMILES string of the molecule is Fc1cc(Br)cc(F)c1CNCc1cccs1. The zero-order valence-corrected chi connectivity index (χ0v) is 11.2. The molecule has 0 aliphatic rings. The lowest BCUT2D eigenvalue weighted by Crippen LogP contribution is -2.14. The summed E-state index contributed by atoms with van der Waals surface area (Å²) in [6.45, 7) is 0.801. The molecule has 5 heteroatoms. The molecule has 1 aromatic heterocycles. The highest BCUT2D eigenvalue weighted by Gasteiger charge is 2.09. The average molecular weight is 318 g/mol. The quantitative estimate of drug-likeness (QED) is 0.896. The minimum absolute atomic E-state index is 0.0738. The van der Waals surface area contributed by atoms with Crippen molar-refractivity contribution in [1.29, 1.82) is 0 Å². The van der Waals surface area contributed by atoms with Crippen LogP contribution in [-0.4, -0.2) is 0 Å². The third-order valence-electron chi connectivity index (χ3n) is 2.29. The second-order valence-electron chi connectivity index (χ2n) is 3.53. The lowest BCUT2D eigenvalue weighted by molar-refractivity contribution is 0.535. The molecule has 0 bridgehead atoms. The monoisotopic (exact) mass is 317 g/mol. The minimum Gasteiger partial charge on any atom is -0.308 e. The number of hydrogen-bond acceptors (Lipinski definition) is 2. The fourth-order valence-electron chi connectivity index (χ4n) is 1.46. The van der Waals surface area contributed by atoms with Crippen LogP contribution in [0.4, 0.5) is 8.78 Å². The Morgan fingerprint density at radius 2 is 1.88 bits per heavy atom. The lowest BCUT2D eigenvalue weighted by atomic mass is 10.2. The van der Waals surface area contributed by atoms with Crippen LogP contribution < -0.4 is 5.32 Å². The normalized spacial score (nSPS) is 10.8. The zero-order chi connectivity index (χ0) is 12.3. The first kappa shape index (κ1) is 12.7. The number of halogens is 3. The van der Waals surface area contributed by atoms with E-state index < -0.39 is 11.6 Å². The summed E-state index contributed by atoms with van der Waals surface area (Å²) >= 11 is 4.66. The summed E-state index contributed by atoms with van der Waals surface area (Å²) in [4.78, 5) is 1.14. The molecular weight excluding hydrogens is 308 g/mol. The molecule has 0 unspecified atom stereocenters. The Labute approximate surface area is 111 Å². The van der Waals surface area contributed by atoms with Gasteiger partial charge in [0.15, 0.2) is 0 Å². The van der Waals surface area contributed by atoms with Gasteiger partial charge in [-0.15, -0.1) is 11.3 Å². The van der Waals surface area contributed by atoms with Gasteiger partial charge in [0, 0.05) is 28.0 Å². The lowest BCUT2D eigenvalue weighted by Gasteiger charge is -2.07. The molecule has 0 atom stereocenters. The van der Waals surface area contributed by atoms with Gasteiger partial charge in [-0.2, -0.15) is 0 Å². The molecular formula is C12H10BrF2NS. The van der Waals surface area contributed by atoms with Crippen LogP contribution >= 0.6 is 27.3 Å². The number of rotatable bonds is 4. The van der Waals surface area contributed by atoms with Crippen molar-refractivity contribution >= 4 is 27.3 Å². The van der Waals surface area contributed by atoms with Crippen molar-refractivity contribution in [3.05, 3.63) is 56.2 Å².